The monoisotopic (exact) mass is 370 g/mol. The Morgan fingerprint density at radius 2 is 1.25 bits per heavy atom. The minimum Gasteiger partial charge on any atom is -0.294 e. The SMILES string of the molecule is C=CC[n+]1ccc(C(CC(=O)c2ccccc2)CC(=O)c2ccccc2)cc1. The number of nitrogens with zero attached hydrogens (tertiary/aromatic N) is 1. The van der Waals surface area contributed by atoms with Crippen molar-refractivity contribution in [3.8, 4) is 0 Å². The van der Waals surface area contributed by atoms with Gasteiger partial charge in [0.1, 0.15) is 0 Å². The lowest BCUT2D eigenvalue weighted by atomic mass is 9.86. The summed E-state index contributed by atoms with van der Waals surface area (Å²) in [5.74, 6) is -0.0673. The maximum absolute atomic E-state index is 12.8. The lowest BCUT2D eigenvalue weighted by Gasteiger charge is -2.16. The van der Waals surface area contributed by atoms with Crippen LogP contribution in [0.3, 0.4) is 0 Å². The van der Waals surface area contributed by atoms with Gasteiger partial charge in [-0.15, -0.1) is 0 Å². The van der Waals surface area contributed by atoms with Crippen LogP contribution in [-0.4, -0.2) is 11.6 Å². The Hall–Kier alpha value is -3.33. The van der Waals surface area contributed by atoms with Gasteiger partial charge in [0.15, 0.2) is 30.5 Å². The molecule has 2 aromatic carbocycles. The fourth-order valence-corrected chi connectivity index (χ4v) is 3.25. The molecule has 0 unspecified atom stereocenters. The predicted octanol–water partition coefficient (Wildman–Crippen LogP) is 4.79. The van der Waals surface area contributed by atoms with E-state index in [1.54, 1.807) is 0 Å². The van der Waals surface area contributed by atoms with Crippen LogP contribution in [0, 0.1) is 0 Å². The first-order chi connectivity index (χ1) is 13.7. The van der Waals surface area contributed by atoms with Crippen molar-refractivity contribution in [3.63, 3.8) is 0 Å². The molecule has 0 saturated carbocycles. The third-order valence-corrected chi connectivity index (χ3v) is 4.78. The summed E-state index contributed by atoms with van der Waals surface area (Å²) in [7, 11) is 0. The number of allylic oxidation sites excluding steroid dienone is 1. The number of carbonyl (C=O) groups is 2. The molecular weight excluding hydrogens is 346 g/mol. The number of rotatable bonds is 9. The number of hydrogen-bond acceptors (Lipinski definition) is 2. The van der Waals surface area contributed by atoms with Gasteiger partial charge < -0.3 is 0 Å². The second-order valence-electron chi connectivity index (χ2n) is 6.80. The molecule has 0 aliphatic heterocycles. The van der Waals surface area contributed by atoms with Gasteiger partial charge >= 0.3 is 0 Å². The average Bonchev–Trinajstić information content (AvgIpc) is 2.75. The van der Waals surface area contributed by atoms with E-state index in [0.717, 1.165) is 12.1 Å². The first kappa shape index (κ1) is 19.4. The molecule has 140 valence electrons. The van der Waals surface area contributed by atoms with Crippen LogP contribution < -0.4 is 4.57 Å². The standard InChI is InChI=1S/C25H24NO2/c1-2-15-26-16-13-20(14-17-26)23(18-24(27)21-9-5-3-6-10-21)19-25(28)22-11-7-4-8-12-22/h2-14,16-17,23H,1,15,18-19H2/q+1. The molecule has 1 aromatic heterocycles. The van der Waals surface area contributed by atoms with Crippen LogP contribution in [0.25, 0.3) is 0 Å². The van der Waals surface area contributed by atoms with Crippen LogP contribution in [0.15, 0.2) is 97.8 Å². The van der Waals surface area contributed by atoms with Crippen molar-refractivity contribution >= 4 is 11.6 Å². The molecule has 3 heteroatoms. The van der Waals surface area contributed by atoms with Gasteiger partial charge in [0.2, 0.25) is 0 Å². The molecule has 0 fully saturated rings. The second kappa shape index (κ2) is 9.56. The molecule has 0 N–H and O–H groups in total. The Morgan fingerprint density at radius 3 is 1.68 bits per heavy atom. The largest absolute Gasteiger partial charge is 0.294 e. The highest BCUT2D eigenvalue weighted by Crippen LogP contribution is 2.26. The number of pyridine rings is 1. The third-order valence-electron chi connectivity index (χ3n) is 4.78. The van der Waals surface area contributed by atoms with Gasteiger partial charge in [-0.3, -0.25) is 9.59 Å². The van der Waals surface area contributed by atoms with Crippen LogP contribution >= 0.6 is 0 Å². The summed E-state index contributed by atoms with van der Waals surface area (Å²) >= 11 is 0. The maximum atomic E-state index is 12.8. The zero-order valence-corrected chi connectivity index (χ0v) is 15.8. The lowest BCUT2D eigenvalue weighted by Crippen LogP contribution is -2.31. The van der Waals surface area contributed by atoms with Crippen LogP contribution in [0.2, 0.25) is 0 Å². The van der Waals surface area contributed by atoms with Crippen LogP contribution in [0.1, 0.15) is 45.0 Å². The van der Waals surface area contributed by atoms with E-state index in [9.17, 15) is 9.59 Å². The van der Waals surface area contributed by atoms with Gasteiger partial charge in [-0.25, -0.2) is 4.57 Å². The van der Waals surface area contributed by atoms with E-state index in [0.29, 0.717) is 24.0 Å². The molecule has 0 radical (unpaired) electrons. The van der Waals surface area contributed by atoms with Crippen molar-refractivity contribution in [2.45, 2.75) is 25.3 Å². The van der Waals surface area contributed by atoms with Gasteiger partial charge in [-0.05, 0) is 17.6 Å². The van der Waals surface area contributed by atoms with Gasteiger partial charge in [0.05, 0.1) is 0 Å². The maximum Gasteiger partial charge on any atom is 0.169 e. The number of ketones is 2. The molecule has 0 saturated heterocycles. The number of hydrogen-bond donors (Lipinski definition) is 0. The van der Waals surface area contributed by atoms with E-state index < -0.39 is 0 Å². The predicted molar refractivity (Wildman–Crippen MR) is 110 cm³/mol. The smallest absolute Gasteiger partial charge is 0.169 e. The molecule has 0 atom stereocenters. The first-order valence-electron chi connectivity index (χ1n) is 9.44. The first-order valence-corrected chi connectivity index (χ1v) is 9.44. The molecule has 0 bridgehead atoms. The molecule has 1 heterocycles. The number of carbonyl (C=O) groups excluding carboxylic acids is 2. The summed E-state index contributed by atoms with van der Waals surface area (Å²) in [6, 6.07) is 22.5. The Balaban J connectivity index is 1.83. The zero-order chi connectivity index (χ0) is 19.8. The van der Waals surface area contributed by atoms with Gasteiger partial charge in [0.25, 0.3) is 0 Å². The van der Waals surface area contributed by atoms with E-state index in [2.05, 4.69) is 6.58 Å². The fraction of sp³-hybridized carbons (Fsp3) is 0.160. The Morgan fingerprint density at radius 1 is 0.786 bits per heavy atom. The van der Waals surface area contributed by atoms with Crippen LogP contribution in [0.5, 0.6) is 0 Å². The third kappa shape index (κ3) is 5.10. The number of aromatic nitrogens is 1. The van der Waals surface area contributed by atoms with Crippen molar-refractivity contribution in [1.82, 2.24) is 0 Å². The van der Waals surface area contributed by atoms with Crippen molar-refractivity contribution in [3.05, 3.63) is 115 Å². The molecule has 0 spiro atoms. The molecule has 3 rings (SSSR count). The van der Waals surface area contributed by atoms with Crippen molar-refractivity contribution < 1.29 is 14.2 Å². The van der Waals surface area contributed by atoms with E-state index in [1.165, 1.54) is 0 Å². The average molecular weight is 370 g/mol. The van der Waals surface area contributed by atoms with E-state index in [4.69, 9.17) is 0 Å². The fourth-order valence-electron chi connectivity index (χ4n) is 3.25. The lowest BCUT2D eigenvalue weighted by molar-refractivity contribution is -0.687. The number of benzene rings is 2. The molecule has 0 aliphatic rings. The zero-order valence-electron chi connectivity index (χ0n) is 15.8. The Labute approximate surface area is 166 Å². The Bertz CT molecular complexity index is 878. The van der Waals surface area contributed by atoms with Gasteiger partial charge in [-0.1, -0.05) is 67.2 Å². The van der Waals surface area contributed by atoms with E-state index >= 15 is 0 Å². The van der Waals surface area contributed by atoms with Gasteiger partial charge in [0, 0.05) is 36.1 Å². The summed E-state index contributed by atoms with van der Waals surface area (Å²) < 4.78 is 2.01. The Kier molecular flexibility index (Phi) is 6.64. The van der Waals surface area contributed by atoms with Crippen LogP contribution in [-0.2, 0) is 6.54 Å². The molecular formula is C25H24NO2+. The molecule has 0 aliphatic carbocycles. The highest BCUT2D eigenvalue weighted by Gasteiger charge is 2.22. The molecule has 28 heavy (non-hydrogen) atoms. The quantitative estimate of drug-likeness (QED) is 0.309. The minimum absolute atomic E-state index is 0.0503. The summed E-state index contributed by atoms with van der Waals surface area (Å²) in [5, 5.41) is 0. The molecule has 3 nitrogen and oxygen atoms in total. The molecule has 3 aromatic rings. The number of Topliss-reactive ketones (excluding diaryl/α,β-unsaturated/α-hetero) is 2. The van der Waals surface area contributed by atoms with Crippen LogP contribution in [0.4, 0.5) is 0 Å². The summed E-state index contributed by atoms with van der Waals surface area (Å²) in [6.45, 7) is 4.47. The summed E-state index contributed by atoms with van der Waals surface area (Å²) in [6.07, 6.45) is 6.35. The second-order valence-corrected chi connectivity index (χ2v) is 6.80. The van der Waals surface area contributed by atoms with Gasteiger partial charge in [-0.2, -0.15) is 0 Å². The summed E-state index contributed by atoms with van der Waals surface area (Å²) in [5.41, 5.74) is 2.35. The normalized spacial score (nSPS) is 10.6. The molecule has 0 amide bonds. The topological polar surface area (TPSA) is 38.0 Å². The van der Waals surface area contributed by atoms with Crippen molar-refractivity contribution in [2.24, 2.45) is 0 Å². The van der Waals surface area contributed by atoms with E-state index in [1.807, 2.05) is 95.8 Å². The minimum atomic E-state index is -0.168. The van der Waals surface area contributed by atoms with Crippen molar-refractivity contribution in [1.29, 1.82) is 0 Å². The highest BCUT2D eigenvalue weighted by molar-refractivity contribution is 5.99. The summed E-state index contributed by atoms with van der Waals surface area (Å²) in [4.78, 5) is 25.6. The highest BCUT2D eigenvalue weighted by atomic mass is 16.1. The van der Waals surface area contributed by atoms with E-state index in [-0.39, 0.29) is 17.5 Å². The van der Waals surface area contributed by atoms with Crippen molar-refractivity contribution in [2.75, 3.05) is 0 Å².